The van der Waals surface area contributed by atoms with Crippen molar-refractivity contribution in [2.24, 2.45) is 5.10 Å². The number of hydrogen-bond donors (Lipinski definition) is 2. The van der Waals surface area contributed by atoms with Crippen LogP contribution in [0.4, 0.5) is 16.0 Å². The Hall–Kier alpha value is -3.07. The van der Waals surface area contributed by atoms with Gasteiger partial charge in [0.05, 0.1) is 29.3 Å². The highest BCUT2D eigenvalue weighted by Crippen LogP contribution is 2.11. The van der Waals surface area contributed by atoms with E-state index in [1.54, 1.807) is 24.2 Å². The van der Waals surface area contributed by atoms with Crippen LogP contribution >= 0.6 is 11.8 Å². The Morgan fingerprint density at radius 2 is 1.88 bits per heavy atom. The average molecular weight is 369 g/mol. The lowest BCUT2D eigenvalue weighted by Gasteiger charge is -2.06. The Balaban J connectivity index is 1.52. The highest BCUT2D eigenvalue weighted by molar-refractivity contribution is 7.98. The van der Waals surface area contributed by atoms with Crippen molar-refractivity contribution < 1.29 is 4.39 Å². The number of nitrogens with zero attached hydrogens (tertiary/aromatic N) is 5. The molecule has 26 heavy (non-hydrogen) atoms. The van der Waals surface area contributed by atoms with Crippen LogP contribution in [0.15, 0.2) is 59.0 Å². The second kappa shape index (κ2) is 8.86. The molecule has 3 rings (SSSR count). The van der Waals surface area contributed by atoms with Crippen LogP contribution in [0.1, 0.15) is 11.4 Å². The molecule has 0 bridgehead atoms. The number of thioether (sulfide) groups is 1. The second-order valence-electron chi connectivity index (χ2n) is 5.10. The molecule has 132 valence electrons. The zero-order valence-corrected chi connectivity index (χ0v) is 14.7. The number of nitrogens with one attached hydrogen (secondary N) is 2. The number of hydrogen-bond acceptors (Lipinski definition) is 8. The standard InChI is InChI=1S/C17H16FN7S/c1-26-16-6-7-19-15(24-16)11-23-25-14-4-2-12(3-5-14)8-20-17-21-9-13(18)10-22-17/h2-7,9-11,25H,8H2,1H3,(H,20,21,22)/b23-11+. The van der Waals surface area contributed by atoms with Crippen LogP contribution in [0.25, 0.3) is 0 Å². The maximum atomic E-state index is 12.8. The van der Waals surface area contributed by atoms with E-state index >= 15 is 0 Å². The van der Waals surface area contributed by atoms with E-state index < -0.39 is 5.82 Å². The summed E-state index contributed by atoms with van der Waals surface area (Å²) >= 11 is 1.55. The molecular weight excluding hydrogens is 353 g/mol. The van der Waals surface area contributed by atoms with Crippen LogP contribution in [0.3, 0.4) is 0 Å². The molecule has 0 aliphatic rings. The van der Waals surface area contributed by atoms with Gasteiger partial charge < -0.3 is 5.32 Å². The van der Waals surface area contributed by atoms with E-state index in [0.717, 1.165) is 28.7 Å². The molecule has 2 N–H and O–H groups in total. The lowest BCUT2D eigenvalue weighted by molar-refractivity contribution is 0.614. The van der Waals surface area contributed by atoms with E-state index in [1.165, 1.54) is 0 Å². The molecule has 1 aromatic carbocycles. The molecule has 0 saturated carbocycles. The van der Waals surface area contributed by atoms with Crippen molar-refractivity contribution in [2.75, 3.05) is 17.0 Å². The van der Waals surface area contributed by atoms with Crippen LogP contribution in [0, 0.1) is 5.82 Å². The van der Waals surface area contributed by atoms with Crippen molar-refractivity contribution in [1.29, 1.82) is 0 Å². The first kappa shape index (κ1) is 17.7. The summed E-state index contributed by atoms with van der Waals surface area (Å²) in [5.74, 6) is 0.465. The molecule has 0 saturated heterocycles. The highest BCUT2D eigenvalue weighted by Gasteiger charge is 1.99. The summed E-state index contributed by atoms with van der Waals surface area (Å²) in [7, 11) is 0. The van der Waals surface area contributed by atoms with E-state index in [4.69, 9.17) is 0 Å². The minimum absolute atomic E-state index is 0.380. The molecular formula is C17H16FN7S. The Kier molecular flexibility index (Phi) is 6.05. The van der Waals surface area contributed by atoms with E-state index in [1.807, 2.05) is 36.6 Å². The molecule has 0 spiro atoms. The van der Waals surface area contributed by atoms with Gasteiger partial charge in [0.2, 0.25) is 5.95 Å². The van der Waals surface area contributed by atoms with Crippen molar-refractivity contribution in [2.45, 2.75) is 11.6 Å². The van der Waals surface area contributed by atoms with Crippen LogP contribution in [-0.4, -0.2) is 32.4 Å². The maximum Gasteiger partial charge on any atom is 0.223 e. The van der Waals surface area contributed by atoms with E-state index in [-0.39, 0.29) is 0 Å². The Morgan fingerprint density at radius 1 is 1.12 bits per heavy atom. The summed E-state index contributed by atoms with van der Waals surface area (Å²) in [6.07, 6.45) is 7.48. The number of anilines is 2. The van der Waals surface area contributed by atoms with Gasteiger partial charge in [-0.3, -0.25) is 5.43 Å². The monoisotopic (exact) mass is 369 g/mol. The van der Waals surface area contributed by atoms with E-state index in [0.29, 0.717) is 18.3 Å². The molecule has 0 atom stereocenters. The van der Waals surface area contributed by atoms with Gasteiger partial charge in [-0.15, -0.1) is 11.8 Å². The van der Waals surface area contributed by atoms with Crippen LogP contribution < -0.4 is 10.7 Å². The predicted octanol–water partition coefficient (Wildman–Crippen LogP) is 3.19. The van der Waals surface area contributed by atoms with Crippen molar-refractivity contribution in [3.63, 3.8) is 0 Å². The number of rotatable bonds is 7. The lowest BCUT2D eigenvalue weighted by Crippen LogP contribution is -2.03. The zero-order chi connectivity index (χ0) is 18.2. The number of benzene rings is 1. The van der Waals surface area contributed by atoms with Gasteiger partial charge in [0.15, 0.2) is 11.6 Å². The fourth-order valence-corrected chi connectivity index (χ4v) is 2.36. The summed E-state index contributed by atoms with van der Waals surface area (Å²) in [5.41, 5.74) is 4.80. The SMILES string of the molecule is CSc1ccnc(/C=N/Nc2ccc(CNc3ncc(F)cn3)cc2)n1. The minimum atomic E-state index is -0.461. The molecule has 2 aromatic heterocycles. The Morgan fingerprint density at radius 3 is 2.62 bits per heavy atom. The predicted molar refractivity (Wildman–Crippen MR) is 101 cm³/mol. The smallest absolute Gasteiger partial charge is 0.223 e. The summed E-state index contributed by atoms with van der Waals surface area (Å²) in [6, 6.07) is 9.54. The molecule has 0 amide bonds. The van der Waals surface area contributed by atoms with Gasteiger partial charge in [0, 0.05) is 12.7 Å². The molecule has 7 nitrogen and oxygen atoms in total. The molecule has 0 aliphatic heterocycles. The van der Waals surface area contributed by atoms with Gasteiger partial charge in [0.25, 0.3) is 0 Å². The molecule has 0 aliphatic carbocycles. The molecule has 0 unspecified atom stereocenters. The lowest BCUT2D eigenvalue weighted by atomic mass is 10.2. The first-order valence-electron chi connectivity index (χ1n) is 7.69. The van der Waals surface area contributed by atoms with Gasteiger partial charge in [0.1, 0.15) is 0 Å². The highest BCUT2D eigenvalue weighted by atomic mass is 32.2. The fourth-order valence-electron chi connectivity index (χ4n) is 1.98. The van der Waals surface area contributed by atoms with Crippen LogP contribution in [0.5, 0.6) is 0 Å². The van der Waals surface area contributed by atoms with Crippen molar-refractivity contribution in [1.82, 2.24) is 19.9 Å². The quantitative estimate of drug-likeness (QED) is 0.286. The second-order valence-corrected chi connectivity index (χ2v) is 5.93. The summed E-state index contributed by atoms with van der Waals surface area (Å²) in [4.78, 5) is 16.1. The van der Waals surface area contributed by atoms with Gasteiger partial charge in [-0.25, -0.2) is 24.3 Å². The summed E-state index contributed by atoms with van der Waals surface area (Å²) in [5, 5.41) is 8.06. The number of hydrazone groups is 1. The third-order valence-electron chi connectivity index (χ3n) is 3.26. The first-order chi connectivity index (χ1) is 12.7. The van der Waals surface area contributed by atoms with Gasteiger partial charge in [-0.05, 0) is 30.0 Å². The van der Waals surface area contributed by atoms with Gasteiger partial charge in [-0.2, -0.15) is 5.10 Å². The van der Waals surface area contributed by atoms with Crippen LogP contribution in [-0.2, 0) is 6.54 Å². The van der Waals surface area contributed by atoms with Crippen molar-refractivity contribution in [3.8, 4) is 0 Å². The normalized spacial score (nSPS) is 10.8. The van der Waals surface area contributed by atoms with Crippen molar-refractivity contribution in [3.05, 3.63) is 66.1 Å². The minimum Gasteiger partial charge on any atom is -0.350 e. The van der Waals surface area contributed by atoms with Crippen LogP contribution in [0.2, 0.25) is 0 Å². The number of halogens is 1. The molecule has 0 radical (unpaired) electrons. The Bertz CT molecular complexity index is 869. The number of aromatic nitrogens is 4. The summed E-state index contributed by atoms with van der Waals surface area (Å²) in [6.45, 7) is 0.532. The summed E-state index contributed by atoms with van der Waals surface area (Å²) < 4.78 is 12.8. The molecule has 0 fully saturated rings. The molecule has 9 heteroatoms. The fraction of sp³-hybridized carbons (Fsp3) is 0.118. The third-order valence-corrected chi connectivity index (χ3v) is 3.90. The van der Waals surface area contributed by atoms with Gasteiger partial charge >= 0.3 is 0 Å². The zero-order valence-electron chi connectivity index (χ0n) is 13.9. The van der Waals surface area contributed by atoms with Gasteiger partial charge in [-0.1, -0.05) is 12.1 Å². The molecule has 3 aromatic rings. The topological polar surface area (TPSA) is 88.0 Å². The molecule has 2 heterocycles. The first-order valence-corrected chi connectivity index (χ1v) is 8.92. The Labute approximate surface area is 154 Å². The maximum absolute atomic E-state index is 12.8. The van der Waals surface area contributed by atoms with E-state index in [2.05, 4.69) is 35.8 Å². The van der Waals surface area contributed by atoms with Crippen molar-refractivity contribution >= 4 is 29.6 Å². The van der Waals surface area contributed by atoms with E-state index in [9.17, 15) is 4.39 Å². The largest absolute Gasteiger partial charge is 0.350 e. The average Bonchev–Trinajstić information content (AvgIpc) is 2.69. The third kappa shape index (κ3) is 5.21.